The summed E-state index contributed by atoms with van der Waals surface area (Å²) >= 11 is 0. The third-order valence-corrected chi connectivity index (χ3v) is 5.40. The molecule has 4 rings (SSSR count). The zero-order valence-corrected chi connectivity index (χ0v) is 16.1. The van der Waals surface area contributed by atoms with Crippen molar-refractivity contribution in [1.29, 1.82) is 0 Å². The molecule has 0 saturated heterocycles. The summed E-state index contributed by atoms with van der Waals surface area (Å²) in [6, 6.07) is 14.6. The third kappa shape index (κ3) is 3.25. The van der Waals surface area contributed by atoms with Crippen molar-refractivity contribution in [2.24, 2.45) is 0 Å². The number of hydrogen-bond donors (Lipinski definition) is 2. The van der Waals surface area contributed by atoms with E-state index in [1.54, 1.807) is 18.2 Å². The van der Waals surface area contributed by atoms with Crippen molar-refractivity contribution in [2.45, 2.75) is 26.2 Å². The molecule has 2 aromatic carbocycles. The van der Waals surface area contributed by atoms with E-state index in [2.05, 4.69) is 13.8 Å². The summed E-state index contributed by atoms with van der Waals surface area (Å²) in [6.07, 6.45) is 0.922. The molecule has 0 aromatic heterocycles. The van der Waals surface area contributed by atoms with Crippen LogP contribution in [0.2, 0.25) is 0 Å². The Balaban J connectivity index is 2.17. The number of benzene rings is 3. The van der Waals surface area contributed by atoms with Gasteiger partial charge >= 0.3 is 5.97 Å². The van der Waals surface area contributed by atoms with Gasteiger partial charge in [-0.2, -0.15) is 0 Å². The zero-order valence-electron chi connectivity index (χ0n) is 16.1. The second-order valence-electron chi connectivity index (χ2n) is 7.23. The molecule has 0 bridgehead atoms. The van der Waals surface area contributed by atoms with Gasteiger partial charge in [-0.15, -0.1) is 0 Å². The fourth-order valence-corrected chi connectivity index (χ4v) is 3.65. The van der Waals surface area contributed by atoms with Crippen molar-refractivity contribution in [3.8, 4) is 28.2 Å². The van der Waals surface area contributed by atoms with Crippen LogP contribution in [0.1, 0.15) is 42.1 Å². The van der Waals surface area contributed by atoms with Crippen LogP contribution in [0, 0.1) is 0 Å². The zero-order chi connectivity index (χ0) is 20.7. The first kappa shape index (κ1) is 18.7. The van der Waals surface area contributed by atoms with E-state index in [1.807, 2.05) is 12.1 Å². The molecule has 0 fully saturated rings. The van der Waals surface area contributed by atoms with Crippen LogP contribution in [0.5, 0.6) is 5.75 Å². The van der Waals surface area contributed by atoms with Crippen LogP contribution in [0.15, 0.2) is 63.8 Å². The summed E-state index contributed by atoms with van der Waals surface area (Å²) < 4.78 is 5.86. The molecule has 5 nitrogen and oxygen atoms in total. The number of carboxylic acid groups (broad SMARTS) is 1. The number of phenols is 1. The Morgan fingerprint density at radius 2 is 1.83 bits per heavy atom. The highest BCUT2D eigenvalue weighted by Gasteiger charge is 2.22. The monoisotopic (exact) mass is 388 g/mol. The third-order valence-electron chi connectivity index (χ3n) is 5.40. The highest BCUT2D eigenvalue weighted by atomic mass is 16.4. The van der Waals surface area contributed by atoms with Crippen LogP contribution >= 0.6 is 0 Å². The fraction of sp³-hybridized carbons (Fsp3) is 0.167. The quantitative estimate of drug-likeness (QED) is 0.452. The van der Waals surface area contributed by atoms with E-state index >= 15 is 0 Å². The number of aromatic hydroxyl groups is 1. The lowest BCUT2D eigenvalue weighted by atomic mass is 9.87. The van der Waals surface area contributed by atoms with Crippen molar-refractivity contribution in [1.82, 2.24) is 0 Å². The van der Waals surface area contributed by atoms with Crippen LogP contribution < -0.4 is 5.43 Å². The van der Waals surface area contributed by atoms with E-state index in [4.69, 9.17) is 4.42 Å². The maximum absolute atomic E-state index is 12.0. The molecule has 1 atom stereocenters. The van der Waals surface area contributed by atoms with Gasteiger partial charge in [0.1, 0.15) is 17.1 Å². The lowest BCUT2D eigenvalue weighted by molar-refractivity contribution is 0.0697. The summed E-state index contributed by atoms with van der Waals surface area (Å²) in [6.45, 7) is 4.18. The van der Waals surface area contributed by atoms with Crippen LogP contribution in [-0.2, 0) is 0 Å². The Labute approximate surface area is 167 Å². The number of aromatic carboxylic acids is 1. The summed E-state index contributed by atoms with van der Waals surface area (Å²) in [5.74, 6) is -0.399. The van der Waals surface area contributed by atoms with Crippen LogP contribution in [0.3, 0.4) is 0 Å². The topological polar surface area (TPSA) is 87.7 Å². The van der Waals surface area contributed by atoms with Gasteiger partial charge in [-0.1, -0.05) is 19.9 Å². The average molecular weight is 388 g/mol. The van der Waals surface area contributed by atoms with Gasteiger partial charge in [-0.25, -0.2) is 4.79 Å². The van der Waals surface area contributed by atoms with E-state index in [0.717, 1.165) is 12.0 Å². The lowest BCUT2D eigenvalue weighted by Gasteiger charge is -2.19. The minimum Gasteiger partial charge on any atom is -0.508 e. The number of carboxylic acids is 1. The van der Waals surface area contributed by atoms with E-state index < -0.39 is 5.97 Å². The highest BCUT2D eigenvalue weighted by Crippen LogP contribution is 2.42. The van der Waals surface area contributed by atoms with Gasteiger partial charge in [-0.05, 0) is 59.9 Å². The van der Waals surface area contributed by atoms with Crippen molar-refractivity contribution in [3.63, 3.8) is 0 Å². The van der Waals surface area contributed by atoms with E-state index in [1.165, 1.54) is 24.3 Å². The van der Waals surface area contributed by atoms with Gasteiger partial charge in [0.15, 0.2) is 5.43 Å². The maximum Gasteiger partial charge on any atom is 0.336 e. The number of phenolic OH excluding ortho intramolecular Hbond substituents is 1. The van der Waals surface area contributed by atoms with E-state index in [0.29, 0.717) is 33.4 Å². The van der Waals surface area contributed by atoms with Crippen LogP contribution in [0.4, 0.5) is 0 Å². The van der Waals surface area contributed by atoms with Gasteiger partial charge in [0.2, 0.25) is 0 Å². The van der Waals surface area contributed by atoms with Crippen LogP contribution in [-0.4, -0.2) is 16.2 Å². The Bertz CT molecular complexity index is 1270. The molecular weight excluding hydrogens is 368 g/mol. The number of fused-ring (bicyclic) bond motifs is 2. The summed E-state index contributed by atoms with van der Waals surface area (Å²) in [5.41, 5.74) is 3.25. The Morgan fingerprint density at radius 1 is 1.03 bits per heavy atom. The molecule has 29 heavy (non-hydrogen) atoms. The Kier molecular flexibility index (Phi) is 4.59. The molecule has 2 aliphatic rings. The molecule has 2 N–H and O–H groups in total. The maximum atomic E-state index is 12.0. The molecule has 0 spiro atoms. The smallest absolute Gasteiger partial charge is 0.336 e. The molecule has 1 unspecified atom stereocenters. The second kappa shape index (κ2) is 7.09. The summed E-state index contributed by atoms with van der Waals surface area (Å²) in [5, 5.41) is 20.4. The fourth-order valence-electron chi connectivity index (χ4n) is 3.65. The molecule has 2 aromatic rings. The highest BCUT2D eigenvalue weighted by molar-refractivity contribution is 6.07. The van der Waals surface area contributed by atoms with Crippen molar-refractivity contribution >= 4 is 16.9 Å². The van der Waals surface area contributed by atoms with Crippen LogP contribution in [0.25, 0.3) is 33.4 Å². The lowest BCUT2D eigenvalue weighted by Crippen LogP contribution is -2.05. The van der Waals surface area contributed by atoms with Crippen molar-refractivity contribution in [3.05, 3.63) is 75.9 Å². The van der Waals surface area contributed by atoms with Crippen molar-refractivity contribution < 1.29 is 19.4 Å². The number of carbonyl (C=O) groups is 1. The second-order valence-corrected chi connectivity index (χ2v) is 7.23. The van der Waals surface area contributed by atoms with Gasteiger partial charge in [0, 0.05) is 28.6 Å². The van der Waals surface area contributed by atoms with Crippen molar-refractivity contribution in [2.75, 3.05) is 0 Å². The average Bonchev–Trinajstić information content (AvgIpc) is 2.70. The van der Waals surface area contributed by atoms with Gasteiger partial charge in [-0.3, -0.25) is 4.79 Å². The molecule has 0 amide bonds. The standard InChI is InChI=1S/C24H20O5/c1-3-13(2)14-4-7-17(24(27)28)20(10-14)23-18-8-5-15(25)11-21(18)29-22-12-16(26)6-9-19(22)23/h4-13,25H,3H2,1-2H3,(H,27,28). The number of hydrogen-bond acceptors (Lipinski definition) is 4. The molecule has 0 radical (unpaired) electrons. The van der Waals surface area contributed by atoms with E-state index in [-0.39, 0.29) is 22.7 Å². The SMILES string of the molecule is CCC(C)c1ccc(C(=O)O)c(-c2c3ccc(=O)cc-3oc3cc(O)ccc23)c1. The first-order valence-corrected chi connectivity index (χ1v) is 9.46. The first-order chi connectivity index (χ1) is 13.9. The molecule has 1 heterocycles. The normalized spacial score (nSPS) is 12.3. The molecule has 5 heteroatoms. The Hall–Kier alpha value is -3.60. The molecule has 0 saturated carbocycles. The minimum atomic E-state index is -1.03. The largest absolute Gasteiger partial charge is 0.508 e. The summed E-state index contributed by atoms with van der Waals surface area (Å²) in [7, 11) is 0. The minimum absolute atomic E-state index is 0.0247. The number of rotatable bonds is 4. The van der Waals surface area contributed by atoms with Gasteiger partial charge in [0.25, 0.3) is 0 Å². The predicted molar refractivity (Wildman–Crippen MR) is 112 cm³/mol. The summed E-state index contributed by atoms with van der Waals surface area (Å²) in [4.78, 5) is 23.9. The molecular formula is C24H20O5. The Morgan fingerprint density at radius 3 is 2.55 bits per heavy atom. The molecule has 1 aliphatic carbocycles. The first-order valence-electron chi connectivity index (χ1n) is 9.46. The van der Waals surface area contributed by atoms with E-state index in [9.17, 15) is 19.8 Å². The molecule has 146 valence electrons. The van der Waals surface area contributed by atoms with Gasteiger partial charge < -0.3 is 14.6 Å². The van der Waals surface area contributed by atoms with Gasteiger partial charge in [0.05, 0.1) is 5.56 Å². The predicted octanol–water partition coefficient (Wildman–Crippen LogP) is 5.48. The molecule has 1 aliphatic heterocycles.